The van der Waals surface area contributed by atoms with Gasteiger partial charge >= 0.3 is 0 Å². The highest BCUT2D eigenvalue weighted by Gasteiger charge is 2.69. The number of carbonyl (C=O) groups excluding carboxylic acids is 2. The summed E-state index contributed by atoms with van der Waals surface area (Å²) in [5.74, 6) is 0.474. The van der Waals surface area contributed by atoms with Gasteiger partial charge in [0, 0.05) is 25.5 Å². The maximum Gasteiger partial charge on any atom is 0.214 e. The maximum atomic E-state index is 14.6. The van der Waals surface area contributed by atoms with Crippen molar-refractivity contribution in [1.82, 2.24) is 39.9 Å². The predicted octanol–water partition coefficient (Wildman–Crippen LogP) is 5.45. The van der Waals surface area contributed by atoms with E-state index in [9.17, 15) is 30.2 Å². The first kappa shape index (κ1) is 42.3. The van der Waals surface area contributed by atoms with Gasteiger partial charge in [0.2, 0.25) is 11.4 Å². The van der Waals surface area contributed by atoms with E-state index in [0.717, 1.165) is 33.8 Å². The summed E-state index contributed by atoms with van der Waals surface area (Å²) in [7, 11) is 0. The van der Waals surface area contributed by atoms with Crippen molar-refractivity contribution < 1.29 is 30.2 Å². The molecule has 4 bridgehead atoms. The third-order valence-corrected chi connectivity index (χ3v) is 15.5. The smallest absolute Gasteiger partial charge is 0.214 e. The van der Waals surface area contributed by atoms with E-state index in [1.54, 1.807) is 12.4 Å². The lowest BCUT2D eigenvalue weighted by Gasteiger charge is -2.45. The van der Waals surface area contributed by atoms with Crippen LogP contribution in [0.5, 0.6) is 0 Å². The first-order valence-corrected chi connectivity index (χ1v) is 22.3. The first-order valence-electron chi connectivity index (χ1n) is 22.3. The number of hydrogen-bond donors (Lipinski definition) is 6. The van der Waals surface area contributed by atoms with Crippen LogP contribution in [0.15, 0.2) is 109 Å². The number of carbonyl (C=O) groups is 2. The molecular weight excluding hydrogens is 809 g/mol. The van der Waals surface area contributed by atoms with Crippen LogP contribution in [0.3, 0.4) is 0 Å². The van der Waals surface area contributed by atoms with Crippen molar-refractivity contribution in [3.05, 3.63) is 166 Å². The number of aliphatic hydroxyl groups is 2. The predicted molar refractivity (Wildman–Crippen MR) is 237 cm³/mol. The van der Waals surface area contributed by atoms with Crippen LogP contribution in [0.4, 0.5) is 0 Å². The lowest BCUT2D eigenvalue weighted by Crippen LogP contribution is -2.52. The lowest BCUT2D eigenvalue weighted by atomic mass is 9.66. The quantitative estimate of drug-likeness (QED) is 0.0720. The Kier molecular flexibility index (Phi) is 9.87. The van der Waals surface area contributed by atoms with E-state index < -0.39 is 33.4 Å². The van der Waals surface area contributed by atoms with Gasteiger partial charge in [0.1, 0.15) is 23.7 Å². The number of hydroxylamine groups is 4. The standard InChI is InChI=1S/C50H54N8O6/c1-5-55(6-2)47(31-59,33-15-11-9-12-16-33)39-27-35(45-23-25-57(63)49(45,61)43-51-29-41(45)53-43)19-21-37(39)38-22-20-36(46-24-26-58(64)50(46,62)44-52-30-42(46)54-44)28-40(38)48(32-60,56(7-3)8-4)34-17-13-10-14-18-34/h9-22,27-32,61-64H,5-8,23-26H2,1-4H3,(H,51,53)(H,52,54)/t45?,46?,47?,48?,49-,50-/m1/s1. The summed E-state index contributed by atoms with van der Waals surface area (Å²) in [6.45, 7) is 10.4. The van der Waals surface area contributed by atoms with Crippen molar-refractivity contribution in [1.29, 1.82) is 0 Å². The van der Waals surface area contributed by atoms with Crippen molar-refractivity contribution in [3.63, 3.8) is 0 Å². The summed E-state index contributed by atoms with van der Waals surface area (Å²) in [5.41, 5.74) is -2.21. The second-order valence-electron chi connectivity index (χ2n) is 17.6. The van der Waals surface area contributed by atoms with E-state index in [2.05, 4.69) is 29.7 Å². The van der Waals surface area contributed by atoms with Gasteiger partial charge in [-0.15, -0.1) is 0 Å². The summed E-state index contributed by atoms with van der Waals surface area (Å²) in [4.78, 5) is 48.8. The number of aldehydes is 2. The lowest BCUT2D eigenvalue weighted by molar-refractivity contribution is -0.262. The van der Waals surface area contributed by atoms with Gasteiger partial charge in [-0.2, -0.15) is 10.1 Å². The van der Waals surface area contributed by atoms with Crippen molar-refractivity contribution in [2.45, 2.75) is 73.9 Å². The molecule has 0 saturated carbocycles. The van der Waals surface area contributed by atoms with Crippen LogP contribution in [-0.4, -0.2) is 112 Å². The number of imidazole rings is 2. The largest absolute Gasteiger partial charge is 0.366 e. The van der Waals surface area contributed by atoms with E-state index >= 15 is 0 Å². The van der Waals surface area contributed by atoms with Gasteiger partial charge in [-0.1, -0.05) is 125 Å². The van der Waals surface area contributed by atoms with Crippen molar-refractivity contribution in [2.24, 2.45) is 0 Å². The Bertz CT molecular complexity index is 2570. The number of hydrogen-bond acceptors (Lipinski definition) is 12. The number of nitrogens with one attached hydrogen (secondary N) is 2. The number of likely N-dealkylation sites (N-methyl/N-ethyl adjacent to an activating group) is 2. The maximum absolute atomic E-state index is 14.6. The number of H-pyrrole nitrogens is 2. The number of aromatic amines is 2. The zero-order valence-corrected chi connectivity index (χ0v) is 36.5. The highest BCUT2D eigenvalue weighted by atomic mass is 16.6. The minimum atomic E-state index is -1.89. The minimum Gasteiger partial charge on any atom is -0.366 e. The molecule has 2 fully saturated rings. The molecule has 2 saturated heterocycles. The third-order valence-electron chi connectivity index (χ3n) is 15.5. The molecule has 6 atom stereocenters. The average molecular weight is 863 g/mol. The third kappa shape index (κ3) is 4.96. The summed E-state index contributed by atoms with van der Waals surface area (Å²) < 4.78 is 0. The topological polar surface area (TPSA) is 185 Å². The highest BCUT2D eigenvalue weighted by molar-refractivity contribution is 5.87. The van der Waals surface area contributed by atoms with E-state index in [-0.39, 0.29) is 24.7 Å². The number of fused-ring (bicyclic) bond motifs is 10. The molecule has 2 aromatic heterocycles. The number of nitrogens with zero attached hydrogens (tertiary/aromatic N) is 6. The highest BCUT2D eigenvalue weighted by Crippen LogP contribution is 2.61. The van der Waals surface area contributed by atoms with Crippen LogP contribution in [0.1, 0.15) is 97.0 Å². The summed E-state index contributed by atoms with van der Waals surface area (Å²) in [6, 6.07) is 31.2. The zero-order valence-electron chi connectivity index (χ0n) is 36.5. The molecule has 4 aliphatic rings. The molecule has 64 heavy (non-hydrogen) atoms. The van der Waals surface area contributed by atoms with Gasteiger partial charge in [-0.25, -0.2) is 9.97 Å². The van der Waals surface area contributed by atoms with Crippen LogP contribution in [-0.2, 0) is 42.9 Å². The van der Waals surface area contributed by atoms with Crippen LogP contribution < -0.4 is 0 Å². The Labute approximate surface area is 371 Å². The molecule has 0 radical (unpaired) electrons. The second-order valence-corrected chi connectivity index (χ2v) is 17.6. The molecule has 6 heterocycles. The van der Waals surface area contributed by atoms with Crippen LogP contribution in [0, 0.1) is 0 Å². The molecule has 4 aromatic carbocycles. The van der Waals surface area contributed by atoms with Crippen molar-refractivity contribution >= 4 is 12.6 Å². The summed E-state index contributed by atoms with van der Waals surface area (Å²) in [6.07, 6.45) is 6.11. The Morgan fingerprint density at radius 3 is 1.33 bits per heavy atom. The van der Waals surface area contributed by atoms with Crippen molar-refractivity contribution in [2.75, 3.05) is 39.3 Å². The Hall–Kier alpha value is -5.68. The summed E-state index contributed by atoms with van der Waals surface area (Å²) >= 11 is 0. The molecule has 0 aliphatic carbocycles. The van der Waals surface area contributed by atoms with Gasteiger partial charge in [0.25, 0.3) is 0 Å². The normalized spacial score (nSPS) is 26.6. The first-order chi connectivity index (χ1) is 31.0. The summed E-state index contributed by atoms with van der Waals surface area (Å²) in [5, 5.41) is 49.6. The van der Waals surface area contributed by atoms with Crippen molar-refractivity contribution in [3.8, 4) is 11.1 Å². The number of benzene rings is 4. The molecular formula is C50H54N8O6. The number of aromatic nitrogens is 4. The van der Waals surface area contributed by atoms with Gasteiger partial charge in [-0.3, -0.25) is 9.80 Å². The fourth-order valence-corrected chi connectivity index (χ4v) is 12.4. The van der Waals surface area contributed by atoms with Gasteiger partial charge < -0.3 is 40.2 Å². The molecule has 10 rings (SSSR count). The molecule has 4 unspecified atom stereocenters. The minimum absolute atomic E-state index is 0.171. The van der Waals surface area contributed by atoms with E-state index in [1.807, 2.05) is 125 Å². The van der Waals surface area contributed by atoms with Gasteiger partial charge in [0.15, 0.2) is 11.6 Å². The Morgan fingerprint density at radius 1 is 0.609 bits per heavy atom. The molecule has 6 aromatic rings. The molecule has 0 spiro atoms. The molecule has 6 N–H and O–H groups in total. The molecule has 14 nitrogen and oxygen atoms in total. The molecule has 4 aliphatic heterocycles. The second kappa shape index (κ2) is 14.9. The SMILES string of the molecule is CCN(CC)C(C=O)(c1ccccc1)c1cc(C23CCN(O)[C@@]2(O)c2ncc3[nH]2)ccc1-c1ccc(C23CCN(O)[C@@]2(O)c2ncc3[nH]2)cc1C(C=O)(c1ccccc1)N(CC)CC. The molecule has 14 heteroatoms. The Balaban J connectivity index is 1.34. The van der Waals surface area contributed by atoms with Crippen LogP contribution in [0.25, 0.3) is 11.1 Å². The Morgan fingerprint density at radius 2 is 0.984 bits per heavy atom. The molecule has 0 amide bonds. The van der Waals surface area contributed by atoms with Crippen LogP contribution in [0.2, 0.25) is 0 Å². The van der Waals surface area contributed by atoms with E-state index in [4.69, 9.17) is 0 Å². The van der Waals surface area contributed by atoms with E-state index in [0.29, 0.717) is 83.8 Å². The van der Waals surface area contributed by atoms with Gasteiger partial charge in [-0.05, 0) is 83.5 Å². The average Bonchev–Trinajstić information content (AvgIpc) is 4.20. The fraction of sp³-hybridized carbons (Fsp3) is 0.360. The van der Waals surface area contributed by atoms with E-state index in [1.165, 1.54) is 0 Å². The monoisotopic (exact) mass is 862 g/mol. The van der Waals surface area contributed by atoms with Gasteiger partial charge in [0.05, 0.1) is 22.2 Å². The van der Waals surface area contributed by atoms with Crippen LogP contribution >= 0.6 is 0 Å². The zero-order chi connectivity index (χ0) is 44.9. The number of rotatable bonds is 15. The fourth-order valence-electron chi connectivity index (χ4n) is 12.4. The molecule has 330 valence electrons.